The molecule has 2 aromatic heterocycles. The van der Waals surface area contributed by atoms with Gasteiger partial charge in [-0.1, -0.05) is 0 Å². The van der Waals surface area contributed by atoms with Gasteiger partial charge in [-0.3, -0.25) is 9.59 Å². The second kappa shape index (κ2) is 6.39. The van der Waals surface area contributed by atoms with Gasteiger partial charge in [-0.15, -0.1) is 0 Å². The lowest BCUT2D eigenvalue weighted by Crippen LogP contribution is -2.38. The summed E-state index contributed by atoms with van der Waals surface area (Å²) in [5.41, 5.74) is -0.244. The summed E-state index contributed by atoms with van der Waals surface area (Å²) < 4.78 is 28.1. The standard InChI is InChI=1S/C16H12F2N4O4/c1-7(16(25)26)21-15(24)13-12(23)5-11(22-14(13)19-6-20-22)8-2-9(17)4-10(18)3-8/h2-7,23H,1H3,(H,21,24)(H,25,26)/t7-/m1/s1. The Morgan fingerprint density at radius 1 is 1.19 bits per heavy atom. The van der Waals surface area contributed by atoms with E-state index >= 15 is 0 Å². The second-order valence-electron chi connectivity index (χ2n) is 5.48. The molecule has 0 spiro atoms. The molecule has 1 aromatic carbocycles. The summed E-state index contributed by atoms with van der Waals surface area (Å²) in [6.45, 7) is 1.25. The van der Waals surface area contributed by atoms with Gasteiger partial charge < -0.3 is 15.5 Å². The first kappa shape index (κ1) is 17.3. The monoisotopic (exact) mass is 362 g/mol. The van der Waals surface area contributed by atoms with Crippen molar-refractivity contribution >= 4 is 17.5 Å². The quantitative estimate of drug-likeness (QED) is 0.649. The molecule has 3 rings (SSSR count). The van der Waals surface area contributed by atoms with E-state index in [2.05, 4.69) is 15.4 Å². The summed E-state index contributed by atoms with van der Waals surface area (Å²) in [4.78, 5) is 27.1. The van der Waals surface area contributed by atoms with Gasteiger partial charge in [0.2, 0.25) is 0 Å². The second-order valence-corrected chi connectivity index (χ2v) is 5.48. The fourth-order valence-corrected chi connectivity index (χ4v) is 2.42. The van der Waals surface area contributed by atoms with Gasteiger partial charge in [-0.25, -0.2) is 18.3 Å². The smallest absolute Gasteiger partial charge is 0.325 e. The Hall–Kier alpha value is -3.56. The topological polar surface area (TPSA) is 117 Å². The number of aromatic hydroxyl groups is 1. The molecular weight excluding hydrogens is 350 g/mol. The van der Waals surface area contributed by atoms with Crippen LogP contribution in [-0.4, -0.2) is 42.7 Å². The van der Waals surface area contributed by atoms with E-state index in [0.29, 0.717) is 6.07 Å². The normalized spacial score (nSPS) is 12.1. The molecule has 0 fully saturated rings. The Balaban J connectivity index is 2.15. The van der Waals surface area contributed by atoms with Crippen LogP contribution >= 0.6 is 0 Å². The maximum Gasteiger partial charge on any atom is 0.325 e. The Kier molecular flexibility index (Phi) is 4.24. The van der Waals surface area contributed by atoms with Crippen molar-refractivity contribution in [3.8, 4) is 17.0 Å². The molecule has 0 aliphatic carbocycles. The minimum atomic E-state index is -1.26. The van der Waals surface area contributed by atoms with Crippen LogP contribution in [0, 0.1) is 11.6 Å². The van der Waals surface area contributed by atoms with E-state index in [4.69, 9.17) is 5.11 Å². The first-order chi connectivity index (χ1) is 12.3. The first-order valence-electron chi connectivity index (χ1n) is 7.33. The number of carbonyl (C=O) groups is 2. The lowest BCUT2D eigenvalue weighted by Gasteiger charge is -2.13. The fraction of sp³-hybridized carbons (Fsp3) is 0.125. The average molecular weight is 362 g/mol. The number of carboxylic acid groups (broad SMARTS) is 1. The minimum absolute atomic E-state index is 0.0687. The molecule has 3 aromatic rings. The molecule has 1 amide bonds. The molecule has 26 heavy (non-hydrogen) atoms. The molecule has 0 bridgehead atoms. The first-order valence-corrected chi connectivity index (χ1v) is 7.33. The van der Waals surface area contributed by atoms with Crippen LogP contribution in [0.4, 0.5) is 8.78 Å². The summed E-state index contributed by atoms with van der Waals surface area (Å²) in [5.74, 6) is -4.34. The van der Waals surface area contributed by atoms with E-state index in [1.54, 1.807) is 0 Å². The number of halogens is 2. The van der Waals surface area contributed by atoms with Crippen molar-refractivity contribution in [3.05, 3.63) is 47.8 Å². The molecule has 0 aliphatic rings. The summed E-state index contributed by atoms with van der Waals surface area (Å²) in [7, 11) is 0. The Morgan fingerprint density at radius 3 is 2.46 bits per heavy atom. The van der Waals surface area contributed by atoms with Crippen LogP contribution in [0.5, 0.6) is 5.75 Å². The van der Waals surface area contributed by atoms with E-state index in [1.165, 1.54) is 6.92 Å². The number of benzene rings is 1. The molecule has 10 heteroatoms. The highest BCUT2D eigenvalue weighted by molar-refractivity contribution is 6.04. The molecule has 2 heterocycles. The number of rotatable bonds is 4. The van der Waals surface area contributed by atoms with Gasteiger partial charge in [0.25, 0.3) is 5.91 Å². The van der Waals surface area contributed by atoms with Crippen molar-refractivity contribution < 1.29 is 28.6 Å². The minimum Gasteiger partial charge on any atom is -0.507 e. The van der Waals surface area contributed by atoms with E-state index in [1.807, 2.05) is 0 Å². The predicted molar refractivity (Wildman–Crippen MR) is 84.6 cm³/mol. The van der Waals surface area contributed by atoms with Gasteiger partial charge in [0.05, 0.1) is 5.69 Å². The fourth-order valence-electron chi connectivity index (χ4n) is 2.42. The maximum atomic E-state index is 13.5. The summed E-state index contributed by atoms with van der Waals surface area (Å²) in [6, 6.07) is 2.64. The molecular formula is C16H12F2N4O4. The van der Waals surface area contributed by atoms with Crippen LogP contribution < -0.4 is 5.32 Å². The third kappa shape index (κ3) is 3.04. The number of nitrogens with zero attached hydrogens (tertiary/aromatic N) is 3. The molecule has 1 atom stereocenters. The number of hydrogen-bond acceptors (Lipinski definition) is 5. The average Bonchev–Trinajstić information content (AvgIpc) is 3.01. The summed E-state index contributed by atoms with van der Waals surface area (Å²) in [5, 5.41) is 25.2. The number of hydrogen-bond donors (Lipinski definition) is 3. The highest BCUT2D eigenvalue weighted by Gasteiger charge is 2.24. The molecule has 0 saturated heterocycles. The number of aliphatic carboxylic acids is 1. The third-order valence-corrected chi connectivity index (χ3v) is 3.63. The maximum absolute atomic E-state index is 13.5. The van der Waals surface area contributed by atoms with Crippen molar-refractivity contribution in [3.63, 3.8) is 0 Å². The highest BCUT2D eigenvalue weighted by atomic mass is 19.1. The predicted octanol–water partition coefficient (Wildman–Crippen LogP) is 1.58. The molecule has 3 N–H and O–H groups in total. The number of carbonyl (C=O) groups excluding carboxylic acids is 1. The molecule has 0 saturated carbocycles. The molecule has 0 aliphatic heterocycles. The summed E-state index contributed by atoms with van der Waals surface area (Å²) in [6.07, 6.45) is 1.09. The van der Waals surface area contributed by atoms with Crippen LogP contribution in [0.2, 0.25) is 0 Å². The van der Waals surface area contributed by atoms with Crippen molar-refractivity contribution in [1.82, 2.24) is 19.9 Å². The van der Waals surface area contributed by atoms with Crippen LogP contribution in [-0.2, 0) is 4.79 Å². The van der Waals surface area contributed by atoms with Gasteiger partial charge in [0.15, 0.2) is 5.65 Å². The SMILES string of the molecule is C[C@@H](NC(=O)c1c(O)cc(-c2cc(F)cc(F)c2)n2ncnc12)C(=O)O. The van der Waals surface area contributed by atoms with Gasteiger partial charge in [-0.05, 0) is 19.1 Å². The molecule has 0 unspecified atom stereocenters. The van der Waals surface area contributed by atoms with Crippen molar-refractivity contribution in [2.24, 2.45) is 0 Å². The van der Waals surface area contributed by atoms with Crippen LogP contribution in [0.3, 0.4) is 0 Å². The Labute approximate surface area is 144 Å². The molecule has 8 nitrogen and oxygen atoms in total. The zero-order chi connectivity index (χ0) is 19.0. The lowest BCUT2D eigenvalue weighted by molar-refractivity contribution is -0.138. The van der Waals surface area contributed by atoms with E-state index < -0.39 is 35.3 Å². The van der Waals surface area contributed by atoms with Gasteiger partial charge in [-0.2, -0.15) is 5.10 Å². The van der Waals surface area contributed by atoms with E-state index in [-0.39, 0.29) is 22.5 Å². The lowest BCUT2D eigenvalue weighted by atomic mass is 10.1. The van der Waals surface area contributed by atoms with E-state index in [9.17, 15) is 23.5 Å². The zero-order valence-corrected chi connectivity index (χ0v) is 13.3. The third-order valence-electron chi connectivity index (χ3n) is 3.63. The van der Waals surface area contributed by atoms with Crippen LogP contribution in [0.25, 0.3) is 16.9 Å². The van der Waals surface area contributed by atoms with Crippen LogP contribution in [0.1, 0.15) is 17.3 Å². The zero-order valence-electron chi connectivity index (χ0n) is 13.3. The largest absolute Gasteiger partial charge is 0.507 e. The van der Waals surface area contributed by atoms with Gasteiger partial charge in [0, 0.05) is 17.7 Å². The number of amides is 1. The van der Waals surface area contributed by atoms with Gasteiger partial charge in [0.1, 0.15) is 35.3 Å². The molecule has 134 valence electrons. The number of nitrogens with one attached hydrogen (secondary N) is 1. The van der Waals surface area contributed by atoms with Crippen molar-refractivity contribution in [1.29, 1.82) is 0 Å². The highest BCUT2D eigenvalue weighted by Crippen LogP contribution is 2.30. The molecule has 0 radical (unpaired) electrons. The van der Waals surface area contributed by atoms with E-state index in [0.717, 1.165) is 29.0 Å². The van der Waals surface area contributed by atoms with Crippen LogP contribution in [0.15, 0.2) is 30.6 Å². The van der Waals surface area contributed by atoms with Gasteiger partial charge >= 0.3 is 5.97 Å². The number of fused-ring (bicyclic) bond motifs is 1. The summed E-state index contributed by atoms with van der Waals surface area (Å²) >= 11 is 0. The van der Waals surface area contributed by atoms with Crippen molar-refractivity contribution in [2.45, 2.75) is 13.0 Å². The Morgan fingerprint density at radius 2 is 1.85 bits per heavy atom. The Bertz CT molecular complexity index is 1010. The number of pyridine rings is 1. The van der Waals surface area contributed by atoms with Crippen molar-refractivity contribution in [2.75, 3.05) is 0 Å². The number of carboxylic acids is 1. The number of aromatic nitrogens is 3.